The average Bonchev–Trinajstić information content (AvgIpc) is 2.94. The van der Waals surface area contributed by atoms with Gasteiger partial charge in [0.1, 0.15) is 23.8 Å². The summed E-state index contributed by atoms with van der Waals surface area (Å²) in [5, 5.41) is 28.8. The van der Waals surface area contributed by atoms with Crippen LogP contribution in [0.5, 0.6) is 0 Å². The third-order valence-electron chi connectivity index (χ3n) is 3.43. The molecule has 19 heavy (non-hydrogen) atoms. The third-order valence-corrected chi connectivity index (χ3v) is 3.43. The van der Waals surface area contributed by atoms with Crippen LogP contribution in [-0.2, 0) is 4.74 Å². The number of ether oxygens (including phenoxy) is 1. The first-order chi connectivity index (χ1) is 9.13. The van der Waals surface area contributed by atoms with Crippen molar-refractivity contribution in [3.05, 3.63) is 24.5 Å². The van der Waals surface area contributed by atoms with Gasteiger partial charge in [-0.2, -0.15) is 0 Å². The Morgan fingerprint density at radius 2 is 2.11 bits per heavy atom. The second-order valence-corrected chi connectivity index (χ2v) is 4.60. The van der Waals surface area contributed by atoms with Crippen molar-refractivity contribution >= 4 is 16.7 Å². The Morgan fingerprint density at radius 3 is 2.79 bits per heavy atom. The Balaban J connectivity index is 2.04. The quantitative estimate of drug-likeness (QED) is 0.530. The summed E-state index contributed by atoms with van der Waals surface area (Å²) in [5.74, 6) is 0. The highest BCUT2D eigenvalue weighted by atomic mass is 16.6. The number of para-hydroxylation sites is 1. The van der Waals surface area contributed by atoms with E-state index in [1.165, 1.54) is 6.33 Å². The van der Waals surface area contributed by atoms with Crippen molar-refractivity contribution in [3.8, 4) is 0 Å². The van der Waals surface area contributed by atoms with E-state index in [1.807, 2.05) is 0 Å². The molecule has 0 amide bonds. The van der Waals surface area contributed by atoms with Crippen molar-refractivity contribution in [1.82, 2.24) is 9.55 Å². The number of rotatable bonds is 2. The molecule has 3 rings (SSSR count). The van der Waals surface area contributed by atoms with Gasteiger partial charge < -0.3 is 30.4 Å². The molecule has 0 bridgehead atoms. The van der Waals surface area contributed by atoms with Crippen LogP contribution in [0.3, 0.4) is 0 Å². The number of aliphatic hydroxyl groups excluding tert-OH is 3. The number of nitrogens with two attached hydrogens (primary N) is 1. The Labute approximate surface area is 108 Å². The predicted molar refractivity (Wildman–Crippen MR) is 67.2 cm³/mol. The van der Waals surface area contributed by atoms with E-state index >= 15 is 0 Å². The van der Waals surface area contributed by atoms with Crippen LogP contribution < -0.4 is 5.73 Å². The lowest BCUT2D eigenvalue weighted by atomic mass is 10.1. The Morgan fingerprint density at radius 1 is 1.32 bits per heavy atom. The first kappa shape index (κ1) is 12.4. The zero-order valence-corrected chi connectivity index (χ0v) is 10.0. The van der Waals surface area contributed by atoms with E-state index in [0.717, 1.165) is 0 Å². The minimum atomic E-state index is -1.13. The zero-order valence-electron chi connectivity index (χ0n) is 10.0. The monoisotopic (exact) mass is 265 g/mol. The molecule has 0 radical (unpaired) electrons. The molecule has 5 N–H and O–H groups in total. The predicted octanol–water partition coefficient (Wildman–Crippen LogP) is -0.770. The Kier molecular flexibility index (Phi) is 2.90. The maximum Gasteiger partial charge on any atom is 0.164 e. The van der Waals surface area contributed by atoms with E-state index < -0.39 is 24.5 Å². The van der Waals surface area contributed by atoms with Crippen LogP contribution >= 0.6 is 0 Å². The molecule has 2 heterocycles. The summed E-state index contributed by atoms with van der Waals surface area (Å²) < 4.78 is 7.07. The van der Waals surface area contributed by atoms with Crippen LogP contribution in [0.25, 0.3) is 11.0 Å². The molecule has 1 unspecified atom stereocenters. The van der Waals surface area contributed by atoms with Gasteiger partial charge in [0.15, 0.2) is 6.23 Å². The van der Waals surface area contributed by atoms with Crippen LogP contribution in [-0.4, -0.2) is 49.8 Å². The molecule has 7 heteroatoms. The maximum atomic E-state index is 9.99. The molecule has 7 nitrogen and oxygen atoms in total. The smallest absolute Gasteiger partial charge is 0.164 e. The Hall–Kier alpha value is -1.67. The van der Waals surface area contributed by atoms with Crippen molar-refractivity contribution in [2.75, 3.05) is 12.3 Å². The zero-order chi connectivity index (χ0) is 13.6. The molecule has 1 aromatic carbocycles. The standard InChI is InChI=1S/C12H15N3O4/c13-6-2-1-3-7-9(6)14-5-15(7)12-11(18)10(17)8(4-16)19-12/h1-3,5,8,10-12,16-18H,4,13H2/t8-,10?,11+,12-/m1/s1. The number of aliphatic hydroxyl groups is 3. The van der Waals surface area contributed by atoms with Crippen LogP contribution in [0.15, 0.2) is 24.5 Å². The molecule has 0 spiro atoms. The first-order valence-corrected chi connectivity index (χ1v) is 5.97. The highest BCUT2D eigenvalue weighted by Crippen LogP contribution is 2.32. The third kappa shape index (κ3) is 1.79. The maximum absolute atomic E-state index is 9.99. The molecule has 0 saturated carbocycles. The summed E-state index contributed by atoms with van der Waals surface area (Å²) >= 11 is 0. The lowest BCUT2D eigenvalue weighted by Gasteiger charge is -2.17. The first-order valence-electron chi connectivity index (χ1n) is 5.97. The van der Waals surface area contributed by atoms with Crippen LogP contribution in [0.2, 0.25) is 0 Å². The largest absolute Gasteiger partial charge is 0.397 e. The van der Waals surface area contributed by atoms with Gasteiger partial charge in [-0.05, 0) is 12.1 Å². The highest BCUT2D eigenvalue weighted by Gasteiger charge is 2.43. The molecule has 4 atom stereocenters. The molecular formula is C12H15N3O4. The van der Waals surface area contributed by atoms with Gasteiger partial charge >= 0.3 is 0 Å². The summed E-state index contributed by atoms with van der Waals surface area (Å²) in [5.41, 5.74) is 7.66. The lowest BCUT2D eigenvalue weighted by Crippen LogP contribution is -2.33. The number of anilines is 1. The molecular weight excluding hydrogens is 250 g/mol. The molecule has 1 aliphatic heterocycles. The number of aromatic nitrogens is 2. The highest BCUT2D eigenvalue weighted by molar-refractivity contribution is 5.87. The van der Waals surface area contributed by atoms with Crippen molar-refractivity contribution < 1.29 is 20.1 Å². The lowest BCUT2D eigenvalue weighted by molar-refractivity contribution is -0.0508. The summed E-state index contributed by atoms with van der Waals surface area (Å²) in [6.45, 7) is -0.358. The van der Waals surface area contributed by atoms with E-state index in [-0.39, 0.29) is 6.61 Å². The molecule has 1 aromatic heterocycles. The van der Waals surface area contributed by atoms with Gasteiger partial charge in [-0.1, -0.05) is 6.07 Å². The second kappa shape index (κ2) is 4.46. The fourth-order valence-corrected chi connectivity index (χ4v) is 2.39. The normalized spacial score (nSPS) is 31.1. The summed E-state index contributed by atoms with van der Waals surface area (Å²) in [4.78, 5) is 4.18. The fourth-order valence-electron chi connectivity index (χ4n) is 2.39. The van der Waals surface area contributed by atoms with E-state index in [4.69, 9.17) is 15.6 Å². The topological polar surface area (TPSA) is 114 Å². The number of hydrogen-bond donors (Lipinski definition) is 4. The average molecular weight is 265 g/mol. The van der Waals surface area contributed by atoms with Gasteiger partial charge in [-0.3, -0.25) is 0 Å². The molecule has 102 valence electrons. The van der Waals surface area contributed by atoms with E-state index in [1.54, 1.807) is 22.8 Å². The molecule has 1 saturated heterocycles. The number of imidazole rings is 1. The van der Waals surface area contributed by atoms with Gasteiger partial charge in [0, 0.05) is 0 Å². The van der Waals surface area contributed by atoms with Gasteiger partial charge in [0.05, 0.1) is 24.1 Å². The van der Waals surface area contributed by atoms with Crippen LogP contribution in [0, 0.1) is 0 Å². The number of nitrogens with zero attached hydrogens (tertiary/aromatic N) is 2. The summed E-state index contributed by atoms with van der Waals surface area (Å²) in [6, 6.07) is 5.31. The van der Waals surface area contributed by atoms with E-state index in [9.17, 15) is 10.2 Å². The fraction of sp³-hybridized carbons (Fsp3) is 0.417. The van der Waals surface area contributed by atoms with Crippen molar-refractivity contribution in [3.63, 3.8) is 0 Å². The minimum Gasteiger partial charge on any atom is -0.397 e. The van der Waals surface area contributed by atoms with Gasteiger partial charge in [-0.25, -0.2) is 4.98 Å². The number of benzene rings is 1. The molecule has 0 aliphatic carbocycles. The summed E-state index contributed by atoms with van der Waals surface area (Å²) in [6.07, 6.45) is -2.36. The van der Waals surface area contributed by atoms with Crippen molar-refractivity contribution in [2.45, 2.75) is 24.5 Å². The van der Waals surface area contributed by atoms with Gasteiger partial charge in [0.2, 0.25) is 0 Å². The van der Waals surface area contributed by atoms with Crippen molar-refractivity contribution in [2.24, 2.45) is 0 Å². The SMILES string of the molecule is Nc1cccc2c1ncn2[C@@H]1O[C@H](CO)C(O)[C@@H]1O. The second-order valence-electron chi connectivity index (χ2n) is 4.60. The minimum absolute atomic E-state index is 0.358. The van der Waals surface area contributed by atoms with E-state index in [0.29, 0.717) is 16.7 Å². The van der Waals surface area contributed by atoms with Gasteiger partial charge in [-0.15, -0.1) is 0 Å². The number of hydrogen-bond acceptors (Lipinski definition) is 6. The van der Waals surface area contributed by atoms with Crippen LogP contribution in [0.1, 0.15) is 6.23 Å². The van der Waals surface area contributed by atoms with Crippen LogP contribution in [0.4, 0.5) is 5.69 Å². The molecule has 2 aromatic rings. The van der Waals surface area contributed by atoms with Crippen molar-refractivity contribution in [1.29, 1.82) is 0 Å². The number of fused-ring (bicyclic) bond motifs is 1. The van der Waals surface area contributed by atoms with E-state index in [2.05, 4.69) is 4.98 Å². The summed E-state index contributed by atoms with van der Waals surface area (Å²) in [7, 11) is 0. The molecule has 1 aliphatic rings. The number of nitrogen functional groups attached to an aromatic ring is 1. The molecule has 1 fully saturated rings. The van der Waals surface area contributed by atoms with Gasteiger partial charge in [0.25, 0.3) is 0 Å². The Bertz CT molecular complexity index is 600.